The van der Waals surface area contributed by atoms with E-state index in [0.717, 1.165) is 30.2 Å². The van der Waals surface area contributed by atoms with Crippen LogP contribution >= 0.6 is 0 Å². The van der Waals surface area contributed by atoms with Crippen molar-refractivity contribution in [2.75, 3.05) is 20.2 Å². The van der Waals surface area contributed by atoms with Gasteiger partial charge in [0, 0.05) is 12.6 Å². The largest absolute Gasteiger partial charge is 0.496 e. The molecule has 21 heavy (non-hydrogen) atoms. The van der Waals surface area contributed by atoms with Gasteiger partial charge in [-0.05, 0) is 36.6 Å². The average molecular weight is 293 g/mol. The van der Waals surface area contributed by atoms with Crippen LogP contribution in [0.2, 0.25) is 0 Å². The second kappa shape index (κ2) is 7.86. The molecule has 116 valence electrons. The molecule has 2 N–H and O–H groups in total. The van der Waals surface area contributed by atoms with E-state index in [1.165, 1.54) is 25.0 Å². The molecule has 4 nitrogen and oxygen atoms in total. The minimum atomic E-state index is -0.234. The molecule has 1 aliphatic heterocycles. The summed E-state index contributed by atoms with van der Waals surface area (Å²) in [7, 11) is 1.60. The van der Waals surface area contributed by atoms with Crippen molar-refractivity contribution in [3.63, 3.8) is 0 Å². The van der Waals surface area contributed by atoms with Gasteiger partial charge < -0.3 is 15.4 Å². The van der Waals surface area contributed by atoms with E-state index in [4.69, 9.17) is 4.74 Å². The van der Waals surface area contributed by atoms with Gasteiger partial charge in [0.15, 0.2) is 5.96 Å². The second-order valence-corrected chi connectivity index (χ2v) is 5.31. The molecule has 0 fully saturated rings. The summed E-state index contributed by atoms with van der Waals surface area (Å²) in [4.78, 5) is 4.45. The first kappa shape index (κ1) is 15.6. The first-order valence-electron chi connectivity index (χ1n) is 7.60. The lowest BCUT2D eigenvalue weighted by atomic mass is 10.1. The normalized spacial score (nSPS) is 17.3. The monoisotopic (exact) mass is 293 g/mol. The summed E-state index contributed by atoms with van der Waals surface area (Å²) < 4.78 is 18.5. The number of nitrogens with one attached hydrogen (secondary N) is 2. The Morgan fingerprint density at radius 2 is 2.33 bits per heavy atom. The predicted octanol–water partition coefficient (Wildman–Crippen LogP) is 2.48. The minimum absolute atomic E-state index is 0.234. The molecule has 0 bridgehead atoms. The van der Waals surface area contributed by atoms with Gasteiger partial charge in [-0.25, -0.2) is 4.39 Å². The van der Waals surface area contributed by atoms with Crippen molar-refractivity contribution >= 4 is 5.96 Å². The van der Waals surface area contributed by atoms with Crippen LogP contribution in [0.4, 0.5) is 4.39 Å². The van der Waals surface area contributed by atoms with Crippen LogP contribution < -0.4 is 15.4 Å². The summed E-state index contributed by atoms with van der Waals surface area (Å²) in [6.45, 7) is 3.74. The standard InChI is InChI=1S/C16H24FN3O/c1-3-4-5-14-11-19-16(20-14)18-9-8-12-10-13(17)6-7-15(12)21-2/h6-7,10,14H,3-5,8-9,11H2,1-2H3,(H2,18,19,20). The Hall–Kier alpha value is -1.78. The summed E-state index contributed by atoms with van der Waals surface area (Å²) >= 11 is 0. The average Bonchev–Trinajstić information content (AvgIpc) is 2.93. The molecule has 1 atom stereocenters. The fraction of sp³-hybridized carbons (Fsp3) is 0.562. The van der Waals surface area contributed by atoms with Gasteiger partial charge in [-0.15, -0.1) is 0 Å². The number of hydrogen-bond donors (Lipinski definition) is 2. The molecule has 0 radical (unpaired) electrons. The number of unbranched alkanes of at least 4 members (excludes halogenated alkanes) is 1. The molecule has 0 saturated heterocycles. The highest BCUT2D eigenvalue weighted by Gasteiger charge is 2.16. The third-order valence-electron chi connectivity index (χ3n) is 3.65. The van der Waals surface area contributed by atoms with Crippen LogP contribution in [0.5, 0.6) is 5.75 Å². The van der Waals surface area contributed by atoms with E-state index in [0.29, 0.717) is 19.0 Å². The Labute approximate surface area is 125 Å². The van der Waals surface area contributed by atoms with Crippen molar-refractivity contribution < 1.29 is 9.13 Å². The Kier molecular flexibility index (Phi) is 5.84. The molecule has 1 heterocycles. The molecule has 0 saturated carbocycles. The van der Waals surface area contributed by atoms with Gasteiger partial charge in [0.1, 0.15) is 11.6 Å². The number of aliphatic imine (C=N–C) groups is 1. The van der Waals surface area contributed by atoms with Crippen molar-refractivity contribution in [2.24, 2.45) is 4.99 Å². The number of guanidine groups is 1. The minimum Gasteiger partial charge on any atom is -0.496 e. The molecule has 0 aliphatic carbocycles. The van der Waals surface area contributed by atoms with Crippen LogP contribution in [-0.4, -0.2) is 32.2 Å². The predicted molar refractivity (Wildman–Crippen MR) is 83.4 cm³/mol. The summed E-state index contributed by atoms with van der Waals surface area (Å²) in [6.07, 6.45) is 4.28. The summed E-state index contributed by atoms with van der Waals surface area (Å²) in [5.74, 6) is 1.34. The highest BCUT2D eigenvalue weighted by atomic mass is 19.1. The van der Waals surface area contributed by atoms with E-state index in [1.807, 2.05) is 0 Å². The van der Waals surface area contributed by atoms with E-state index in [9.17, 15) is 4.39 Å². The van der Waals surface area contributed by atoms with Crippen molar-refractivity contribution in [2.45, 2.75) is 38.6 Å². The van der Waals surface area contributed by atoms with Gasteiger partial charge in [-0.2, -0.15) is 0 Å². The first-order valence-corrected chi connectivity index (χ1v) is 7.60. The maximum atomic E-state index is 13.3. The lowest BCUT2D eigenvalue weighted by molar-refractivity contribution is 0.408. The number of nitrogens with zero attached hydrogens (tertiary/aromatic N) is 1. The zero-order valence-electron chi connectivity index (χ0n) is 12.8. The second-order valence-electron chi connectivity index (χ2n) is 5.31. The first-order chi connectivity index (χ1) is 10.2. The van der Waals surface area contributed by atoms with Crippen LogP contribution in [0.3, 0.4) is 0 Å². The zero-order valence-corrected chi connectivity index (χ0v) is 12.8. The number of benzene rings is 1. The van der Waals surface area contributed by atoms with E-state index in [1.54, 1.807) is 13.2 Å². The van der Waals surface area contributed by atoms with Gasteiger partial charge >= 0.3 is 0 Å². The van der Waals surface area contributed by atoms with E-state index < -0.39 is 0 Å². The van der Waals surface area contributed by atoms with E-state index >= 15 is 0 Å². The van der Waals surface area contributed by atoms with Crippen molar-refractivity contribution in [1.82, 2.24) is 10.6 Å². The van der Waals surface area contributed by atoms with E-state index in [2.05, 4.69) is 22.5 Å². The van der Waals surface area contributed by atoms with Crippen molar-refractivity contribution in [3.8, 4) is 5.75 Å². The number of ether oxygens (including phenoxy) is 1. The Balaban J connectivity index is 1.76. The number of hydrogen-bond acceptors (Lipinski definition) is 4. The zero-order chi connectivity index (χ0) is 15.1. The molecule has 1 aromatic carbocycles. The highest BCUT2D eigenvalue weighted by molar-refractivity contribution is 5.81. The van der Waals surface area contributed by atoms with Crippen LogP contribution in [0, 0.1) is 5.82 Å². The van der Waals surface area contributed by atoms with E-state index in [-0.39, 0.29) is 5.82 Å². The molecule has 0 amide bonds. The van der Waals surface area contributed by atoms with Crippen LogP contribution in [0.1, 0.15) is 31.7 Å². The Bertz CT molecular complexity index is 490. The number of halogens is 1. The summed E-state index contributed by atoms with van der Waals surface area (Å²) in [6, 6.07) is 5.05. The Morgan fingerprint density at radius 1 is 1.48 bits per heavy atom. The van der Waals surface area contributed by atoms with Crippen LogP contribution in [0.25, 0.3) is 0 Å². The molecule has 0 spiro atoms. The SMILES string of the molecule is CCCCC1CN=C(NCCc2cc(F)ccc2OC)N1. The molecular weight excluding hydrogens is 269 g/mol. The third-order valence-corrected chi connectivity index (χ3v) is 3.65. The lowest BCUT2D eigenvalue weighted by Crippen LogP contribution is -2.39. The number of methoxy groups -OCH3 is 1. The summed E-state index contributed by atoms with van der Waals surface area (Å²) in [5.41, 5.74) is 0.867. The Morgan fingerprint density at radius 3 is 3.10 bits per heavy atom. The molecule has 1 aromatic rings. The van der Waals surface area contributed by atoms with Gasteiger partial charge in [0.05, 0.1) is 13.7 Å². The van der Waals surface area contributed by atoms with Gasteiger partial charge in [-0.1, -0.05) is 19.8 Å². The highest BCUT2D eigenvalue weighted by Crippen LogP contribution is 2.19. The van der Waals surface area contributed by atoms with Crippen LogP contribution in [-0.2, 0) is 6.42 Å². The van der Waals surface area contributed by atoms with Gasteiger partial charge in [-0.3, -0.25) is 4.99 Å². The van der Waals surface area contributed by atoms with Crippen LogP contribution in [0.15, 0.2) is 23.2 Å². The van der Waals surface area contributed by atoms with Gasteiger partial charge in [0.2, 0.25) is 0 Å². The quantitative estimate of drug-likeness (QED) is 0.812. The molecular formula is C16H24FN3O. The number of rotatable bonds is 7. The molecule has 1 aliphatic rings. The lowest BCUT2D eigenvalue weighted by Gasteiger charge is -2.13. The smallest absolute Gasteiger partial charge is 0.191 e. The maximum Gasteiger partial charge on any atom is 0.191 e. The molecule has 0 aromatic heterocycles. The molecule has 2 rings (SSSR count). The van der Waals surface area contributed by atoms with Crippen molar-refractivity contribution in [1.29, 1.82) is 0 Å². The third kappa shape index (κ3) is 4.62. The fourth-order valence-corrected chi connectivity index (χ4v) is 2.47. The molecule has 5 heteroatoms. The van der Waals surface area contributed by atoms with Crippen molar-refractivity contribution in [3.05, 3.63) is 29.6 Å². The molecule has 1 unspecified atom stereocenters. The van der Waals surface area contributed by atoms with Gasteiger partial charge in [0.25, 0.3) is 0 Å². The topological polar surface area (TPSA) is 45.7 Å². The maximum absolute atomic E-state index is 13.3. The fourth-order valence-electron chi connectivity index (χ4n) is 2.47. The summed E-state index contributed by atoms with van der Waals surface area (Å²) in [5, 5.41) is 6.65.